The van der Waals surface area contributed by atoms with Gasteiger partial charge in [0.1, 0.15) is 29.0 Å². The molecule has 1 heterocycles. The molecule has 2 atom stereocenters. The number of anilines is 1. The summed E-state index contributed by atoms with van der Waals surface area (Å²) in [6.45, 7) is 10.3. The number of nitrogens with one attached hydrogen (secondary N) is 6. The zero-order valence-corrected chi connectivity index (χ0v) is 25.5. The molecule has 0 bridgehead atoms. The number of fused-ring (bicyclic) bond motifs is 1. The summed E-state index contributed by atoms with van der Waals surface area (Å²) in [5.74, 6) is -2.13. The number of benzene rings is 1. The largest absolute Gasteiger partial charge is 0.444 e. The predicted molar refractivity (Wildman–Crippen MR) is 163 cm³/mol. The van der Waals surface area contributed by atoms with Crippen molar-refractivity contribution in [2.24, 2.45) is 11.7 Å². The molecule has 43 heavy (non-hydrogen) atoms. The van der Waals surface area contributed by atoms with Crippen molar-refractivity contribution in [2.45, 2.75) is 78.5 Å². The van der Waals surface area contributed by atoms with Gasteiger partial charge in [-0.1, -0.05) is 32.0 Å². The van der Waals surface area contributed by atoms with E-state index in [-0.39, 0.29) is 30.5 Å². The highest BCUT2D eigenvalue weighted by molar-refractivity contribution is 6.00. The number of amides is 4. The maximum atomic E-state index is 13.3. The van der Waals surface area contributed by atoms with Crippen LogP contribution in [-0.2, 0) is 19.1 Å². The van der Waals surface area contributed by atoms with E-state index in [9.17, 15) is 24.0 Å². The van der Waals surface area contributed by atoms with Crippen molar-refractivity contribution in [3.05, 3.63) is 40.2 Å². The number of hydrogen-bond donors (Lipinski definition) is 7. The Balaban J connectivity index is 2.12. The maximum Gasteiger partial charge on any atom is 0.408 e. The van der Waals surface area contributed by atoms with Crippen molar-refractivity contribution in [2.75, 3.05) is 18.4 Å². The van der Waals surface area contributed by atoms with Gasteiger partial charge in [0.05, 0.1) is 6.54 Å². The topological polar surface area (TPSA) is 218 Å². The molecular weight excluding hydrogens is 558 g/mol. The van der Waals surface area contributed by atoms with Crippen molar-refractivity contribution in [1.29, 1.82) is 5.41 Å². The highest BCUT2D eigenvalue weighted by atomic mass is 16.6. The second-order valence-corrected chi connectivity index (χ2v) is 11.5. The lowest BCUT2D eigenvalue weighted by Gasteiger charge is -2.24. The van der Waals surface area contributed by atoms with Crippen molar-refractivity contribution in [1.82, 2.24) is 21.3 Å². The molecule has 0 fully saturated rings. The number of carbonyl (C=O) groups is 4. The number of nitrogens with two attached hydrogens (primary N) is 1. The minimum Gasteiger partial charge on any atom is -0.444 e. The van der Waals surface area contributed by atoms with Gasteiger partial charge < -0.3 is 41.5 Å². The normalized spacial score (nSPS) is 12.6. The van der Waals surface area contributed by atoms with Gasteiger partial charge in [0.2, 0.25) is 17.7 Å². The molecule has 0 aliphatic rings. The monoisotopic (exact) mass is 601 g/mol. The Bertz CT molecular complexity index is 1380. The predicted octanol–water partition coefficient (Wildman–Crippen LogP) is 1.84. The van der Waals surface area contributed by atoms with Crippen LogP contribution in [0.25, 0.3) is 11.0 Å². The molecule has 0 spiro atoms. The lowest BCUT2D eigenvalue weighted by Crippen LogP contribution is -2.52. The molecule has 1 aromatic carbocycles. The van der Waals surface area contributed by atoms with Crippen LogP contribution in [0.1, 0.15) is 59.4 Å². The summed E-state index contributed by atoms with van der Waals surface area (Å²) in [5.41, 5.74) is 4.64. The van der Waals surface area contributed by atoms with E-state index in [0.717, 1.165) is 0 Å². The highest BCUT2D eigenvalue weighted by Gasteiger charge is 2.27. The number of hydrogen-bond acceptors (Lipinski definition) is 8. The van der Waals surface area contributed by atoms with Crippen LogP contribution in [0.3, 0.4) is 0 Å². The van der Waals surface area contributed by atoms with Crippen molar-refractivity contribution < 1.29 is 28.3 Å². The highest BCUT2D eigenvalue weighted by Crippen LogP contribution is 2.22. The van der Waals surface area contributed by atoms with Crippen LogP contribution >= 0.6 is 0 Å². The Kier molecular flexibility index (Phi) is 12.5. The molecule has 0 saturated heterocycles. The minimum atomic E-state index is -1.10. The van der Waals surface area contributed by atoms with Gasteiger partial charge in [-0.3, -0.25) is 19.8 Å². The summed E-state index contributed by atoms with van der Waals surface area (Å²) >= 11 is 0. The first-order valence-corrected chi connectivity index (χ1v) is 14.0. The van der Waals surface area contributed by atoms with Crippen molar-refractivity contribution in [3.8, 4) is 0 Å². The first kappa shape index (κ1) is 34.6. The minimum absolute atomic E-state index is 0.0485. The quantitative estimate of drug-likeness (QED) is 0.0770. The molecule has 0 unspecified atom stereocenters. The van der Waals surface area contributed by atoms with E-state index in [4.69, 9.17) is 20.3 Å². The first-order valence-electron chi connectivity index (χ1n) is 14.0. The molecule has 1 aromatic heterocycles. The molecule has 4 amide bonds. The number of aryl methyl sites for hydroxylation is 1. The lowest BCUT2D eigenvalue weighted by atomic mass is 10.0. The number of alkyl carbamates (subject to hydrolysis) is 1. The summed E-state index contributed by atoms with van der Waals surface area (Å²) in [6, 6.07) is 4.84. The molecule has 2 aromatic rings. The number of para-hydroxylation sites is 1. The zero-order chi connectivity index (χ0) is 32.3. The Hall–Kier alpha value is -4.62. The summed E-state index contributed by atoms with van der Waals surface area (Å²) in [4.78, 5) is 63.9. The van der Waals surface area contributed by atoms with Crippen LogP contribution < -0.4 is 37.9 Å². The zero-order valence-electron chi connectivity index (χ0n) is 25.5. The van der Waals surface area contributed by atoms with Gasteiger partial charge in [-0.15, -0.1) is 0 Å². The fourth-order valence-corrected chi connectivity index (χ4v) is 4.15. The average Bonchev–Trinajstić information content (AvgIpc) is 2.89. The van der Waals surface area contributed by atoms with E-state index >= 15 is 0 Å². The molecule has 0 aliphatic carbocycles. The fraction of sp³-hybridized carbons (Fsp3) is 0.517. The van der Waals surface area contributed by atoms with Gasteiger partial charge in [0, 0.05) is 11.9 Å². The van der Waals surface area contributed by atoms with Gasteiger partial charge >= 0.3 is 11.7 Å². The van der Waals surface area contributed by atoms with Gasteiger partial charge in [0.25, 0.3) is 0 Å². The Labute approximate surface area is 250 Å². The maximum absolute atomic E-state index is 13.3. The molecule has 14 heteroatoms. The second-order valence-electron chi connectivity index (χ2n) is 11.5. The molecule has 0 aliphatic heterocycles. The van der Waals surface area contributed by atoms with Gasteiger partial charge in [-0.2, -0.15) is 0 Å². The third-order valence-corrected chi connectivity index (χ3v) is 6.10. The van der Waals surface area contributed by atoms with E-state index in [1.165, 1.54) is 0 Å². The fourth-order valence-electron chi connectivity index (χ4n) is 4.15. The summed E-state index contributed by atoms with van der Waals surface area (Å²) in [6.07, 6.45) is 0.00235. The molecule has 2 rings (SSSR count). The Morgan fingerprint density at radius 1 is 1.02 bits per heavy atom. The van der Waals surface area contributed by atoms with Crippen LogP contribution in [-0.4, -0.2) is 60.5 Å². The van der Waals surface area contributed by atoms with E-state index < -0.39 is 53.7 Å². The van der Waals surface area contributed by atoms with Crippen LogP contribution in [0.2, 0.25) is 0 Å². The van der Waals surface area contributed by atoms with Crippen LogP contribution in [0.4, 0.5) is 10.5 Å². The average molecular weight is 602 g/mol. The van der Waals surface area contributed by atoms with Crippen LogP contribution in [0.5, 0.6) is 0 Å². The third-order valence-electron chi connectivity index (χ3n) is 6.10. The first-order chi connectivity index (χ1) is 20.1. The number of rotatable bonds is 13. The van der Waals surface area contributed by atoms with E-state index in [1.54, 1.807) is 52.0 Å². The third kappa shape index (κ3) is 11.6. The van der Waals surface area contributed by atoms with Crippen LogP contribution in [0.15, 0.2) is 33.5 Å². The van der Waals surface area contributed by atoms with E-state index in [1.807, 2.05) is 13.8 Å². The molecule has 0 radical (unpaired) electrons. The van der Waals surface area contributed by atoms with Crippen molar-refractivity contribution >= 4 is 46.4 Å². The standard InChI is InChI=1S/C29H43N7O7/c1-16(2)14-20(35-28(41)43-29(4,5)6)24(38)33-15-22(37)34-19(11-9-13-32-27(30)31)25(39)36-23-17(3)18-10-7-8-12-21(18)42-26(23)40/h7-8,10,12,16,19-20H,9,11,13-15H2,1-6H3,(H,33,38)(H,34,37)(H,35,41)(H,36,39)(H4,30,31,32)/t19-,20-/m0/s1. The van der Waals surface area contributed by atoms with Crippen molar-refractivity contribution in [3.63, 3.8) is 0 Å². The second kappa shape index (κ2) is 15.6. The molecular formula is C29H43N7O7. The number of carbonyl (C=O) groups excluding carboxylic acids is 4. The molecule has 14 nitrogen and oxygen atoms in total. The van der Waals surface area contributed by atoms with Gasteiger partial charge in [0.15, 0.2) is 5.96 Å². The summed E-state index contributed by atoms with van der Waals surface area (Å²) < 4.78 is 10.6. The molecule has 236 valence electrons. The molecule has 8 N–H and O–H groups in total. The van der Waals surface area contributed by atoms with E-state index in [0.29, 0.717) is 29.4 Å². The van der Waals surface area contributed by atoms with E-state index in [2.05, 4.69) is 26.6 Å². The smallest absolute Gasteiger partial charge is 0.408 e. The van der Waals surface area contributed by atoms with Gasteiger partial charge in [-0.05, 0) is 64.5 Å². The summed E-state index contributed by atoms with van der Waals surface area (Å²) in [7, 11) is 0. The molecule has 0 saturated carbocycles. The van der Waals surface area contributed by atoms with Gasteiger partial charge in [-0.25, -0.2) is 9.59 Å². The number of ether oxygens (including phenoxy) is 1. The summed E-state index contributed by atoms with van der Waals surface area (Å²) in [5, 5.41) is 20.8. The lowest BCUT2D eigenvalue weighted by molar-refractivity contribution is -0.129. The Morgan fingerprint density at radius 3 is 2.33 bits per heavy atom. The SMILES string of the molecule is Cc1c(NC(=O)[C@H](CCCNC(=N)N)NC(=O)CNC(=O)[C@H](CC(C)C)NC(=O)OC(C)(C)C)c(=O)oc2ccccc12. The number of guanidine groups is 1. The van der Waals surface area contributed by atoms with Crippen LogP contribution in [0, 0.1) is 18.3 Å². The Morgan fingerprint density at radius 2 is 1.70 bits per heavy atom.